The minimum atomic E-state index is -3.48. The van der Waals surface area contributed by atoms with E-state index in [1.807, 2.05) is 0 Å². The van der Waals surface area contributed by atoms with Gasteiger partial charge in [-0.2, -0.15) is 0 Å². The minimum absolute atomic E-state index is 0.0549. The van der Waals surface area contributed by atoms with Gasteiger partial charge in [-0.25, -0.2) is 23.1 Å². The van der Waals surface area contributed by atoms with E-state index >= 15 is 0 Å². The maximum absolute atomic E-state index is 14.3. The molecule has 3 rings (SSSR count). The van der Waals surface area contributed by atoms with E-state index in [4.69, 9.17) is 22.1 Å². The first-order valence-electron chi connectivity index (χ1n) is 7.62. The molecule has 2 heterocycles. The number of benzene rings is 1. The number of amidine groups is 1. The third kappa shape index (κ3) is 4.34. The van der Waals surface area contributed by atoms with Crippen molar-refractivity contribution in [3.05, 3.63) is 52.8 Å². The Morgan fingerprint density at radius 3 is 2.81 bits per heavy atom. The number of aromatic nitrogens is 2. The Morgan fingerprint density at radius 2 is 2.11 bits per heavy atom. The van der Waals surface area contributed by atoms with Gasteiger partial charge in [-0.15, -0.1) is 0 Å². The summed E-state index contributed by atoms with van der Waals surface area (Å²) in [5.41, 5.74) is 5.11. The summed E-state index contributed by atoms with van der Waals surface area (Å²) in [4.78, 5) is 23.4. The lowest BCUT2D eigenvalue weighted by molar-refractivity contribution is -0.0831. The van der Waals surface area contributed by atoms with Gasteiger partial charge >= 0.3 is 0 Å². The van der Waals surface area contributed by atoms with Crippen LogP contribution in [0.4, 0.5) is 18.9 Å². The first-order valence-corrected chi connectivity index (χ1v) is 8.00. The second-order valence-electron chi connectivity index (χ2n) is 5.69. The largest absolute Gasteiger partial charge is 0.386 e. The van der Waals surface area contributed by atoms with Crippen LogP contribution in [-0.2, 0) is 4.74 Å². The highest BCUT2D eigenvalue weighted by Crippen LogP contribution is 2.38. The van der Waals surface area contributed by atoms with E-state index in [1.165, 1.54) is 12.3 Å². The van der Waals surface area contributed by atoms with Gasteiger partial charge < -0.3 is 15.8 Å². The molecule has 1 aromatic carbocycles. The van der Waals surface area contributed by atoms with Crippen LogP contribution in [0.25, 0.3) is 0 Å². The van der Waals surface area contributed by atoms with Gasteiger partial charge in [-0.3, -0.25) is 9.79 Å². The van der Waals surface area contributed by atoms with Crippen LogP contribution < -0.4 is 11.1 Å². The second kappa shape index (κ2) is 7.49. The topological polar surface area (TPSA) is 102 Å². The molecule has 1 atom stereocenters. The molecule has 0 radical (unpaired) electrons. The monoisotopic (exact) mass is 399 g/mol. The molecule has 1 aliphatic rings. The number of carbonyl (C=O) groups excluding carboxylic acids is 1. The van der Waals surface area contributed by atoms with Crippen LogP contribution in [0.2, 0.25) is 5.15 Å². The molecular weight excluding hydrogens is 387 g/mol. The van der Waals surface area contributed by atoms with Gasteiger partial charge in [0, 0.05) is 11.3 Å². The molecule has 1 aliphatic heterocycles. The number of nitrogens with zero attached hydrogens (tertiary/aromatic N) is 3. The molecule has 0 saturated carbocycles. The summed E-state index contributed by atoms with van der Waals surface area (Å²) >= 11 is 5.60. The Morgan fingerprint density at radius 1 is 1.33 bits per heavy atom. The Labute approximate surface area is 156 Å². The molecule has 7 nitrogen and oxygen atoms in total. The molecule has 1 unspecified atom stereocenters. The van der Waals surface area contributed by atoms with Gasteiger partial charge in [0.1, 0.15) is 41.8 Å². The lowest BCUT2D eigenvalue weighted by Gasteiger charge is -2.22. The Balaban J connectivity index is 1.91. The van der Waals surface area contributed by atoms with Crippen LogP contribution >= 0.6 is 11.6 Å². The highest BCUT2D eigenvalue weighted by molar-refractivity contribution is 6.29. The van der Waals surface area contributed by atoms with E-state index in [0.717, 1.165) is 18.3 Å². The summed E-state index contributed by atoms with van der Waals surface area (Å²) in [5, 5.41) is 2.53. The van der Waals surface area contributed by atoms with Gasteiger partial charge in [-0.05, 0) is 18.2 Å². The normalized spacial score (nSPS) is 19.1. The van der Waals surface area contributed by atoms with Crippen molar-refractivity contribution in [2.24, 2.45) is 10.7 Å². The Bertz CT molecular complexity index is 892. The summed E-state index contributed by atoms with van der Waals surface area (Å²) in [5.74, 6) is -5.24. The van der Waals surface area contributed by atoms with Gasteiger partial charge in [-0.1, -0.05) is 11.6 Å². The predicted octanol–water partition coefficient (Wildman–Crippen LogP) is 2.59. The number of rotatable bonds is 3. The molecule has 0 spiro atoms. The molecule has 27 heavy (non-hydrogen) atoms. The van der Waals surface area contributed by atoms with Crippen molar-refractivity contribution in [1.82, 2.24) is 9.97 Å². The van der Waals surface area contributed by atoms with Crippen molar-refractivity contribution >= 4 is 29.0 Å². The number of nitrogens with one attached hydrogen (secondary N) is 1. The average molecular weight is 400 g/mol. The smallest absolute Gasteiger partial charge is 0.297 e. The second-order valence-corrected chi connectivity index (χ2v) is 6.08. The van der Waals surface area contributed by atoms with Crippen LogP contribution in [0.3, 0.4) is 0 Å². The van der Waals surface area contributed by atoms with E-state index in [2.05, 4.69) is 20.3 Å². The Hall–Kier alpha value is -2.72. The van der Waals surface area contributed by atoms with Crippen molar-refractivity contribution in [3.8, 4) is 0 Å². The first-order chi connectivity index (χ1) is 12.8. The maximum atomic E-state index is 14.3. The SMILES string of the molecule is NC1=NC(c2cc(NC(=O)c3cnc(Cl)cn3)ccc2F)C(F)(F)COC1. The third-order valence-corrected chi connectivity index (χ3v) is 3.84. The number of hydrogen-bond donors (Lipinski definition) is 2. The lowest BCUT2D eigenvalue weighted by atomic mass is 10.00. The number of halogens is 4. The fourth-order valence-electron chi connectivity index (χ4n) is 2.42. The number of ether oxygens (including phenoxy) is 1. The molecule has 2 aromatic rings. The van der Waals surface area contributed by atoms with Crippen LogP contribution in [0.1, 0.15) is 22.1 Å². The number of carbonyl (C=O) groups is 1. The molecule has 0 saturated heterocycles. The molecule has 142 valence electrons. The third-order valence-electron chi connectivity index (χ3n) is 3.64. The molecule has 11 heteroatoms. The highest BCUT2D eigenvalue weighted by Gasteiger charge is 2.44. The highest BCUT2D eigenvalue weighted by atomic mass is 35.5. The summed E-state index contributed by atoms with van der Waals surface area (Å²) in [7, 11) is 0. The van der Waals surface area contributed by atoms with E-state index in [1.54, 1.807) is 0 Å². The van der Waals surface area contributed by atoms with E-state index in [9.17, 15) is 18.0 Å². The number of nitrogens with two attached hydrogens (primary N) is 1. The fraction of sp³-hybridized carbons (Fsp3) is 0.250. The Kier molecular flexibility index (Phi) is 5.29. The van der Waals surface area contributed by atoms with Crippen molar-refractivity contribution in [3.63, 3.8) is 0 Å². The predicted molar refractivity (Wildman–Crippen MR) is 91.5 cm³/mol. The van der Waals surface area contributed by atoms with Gasteiger partial charge in [0.2, 0.25) is 0 Å². The molecule has 1 amide bonds. The zero-order valence-electron chi connectivity index (χ0n) is 13.6. The molecule has 0 aliphatic carbocycles. The minimum Gasteiger partial charge on any atom is -0.386 e. The van der Waals surface area contributed by atoms with Crippen LogP contribution in [0.5, 0.6) is 0 Å². The molecule has 0 fully saturated rings. The number of alkyl halides is 2. The molecule has 3 N–H and O–H groups in total. The quantitative estimate of drug-likeness (QED) is 0.825. The van der Waals surface area contributed by atoms with Crippen molar-refractivity contribution in [2.75, 3.05) is 18.5 Å². The van der Waals surface area contributed by atoms with Crippen molar-refractivity contribution in [1.29, 1.82) is 0 Å². The zero-order valence-corrected chi connectivity index (χ0v) is 14.4. The summed E-state index contributed by atoms with van der Waals surface area (Å²) < 4.78 is 47.6. The van der Waals surface area contributed by atoms with Crippen LogP contribution in [0, 0.1) is 5.82 Å². The standard InChI is InChI=1S/C16H13ClF3N5O2/c17-12-5-22-11(4-23-12)15(26)24-8-1-2-10(18)9(3-8)14-16(19,20)7-27-6-13(21)25-14/h1-5,14H,6-7H2,(H2,21,25)(H,24,26). The molecular formula is C16H13ClF3N5O2. The fourth-order valence-corrected chi connectivity index (χ4v) is 2.52. The summed E-state index contributed by atoms with van der Waals surface area (Å²) in [6, 6.07) is 1.36. The number of amides is 1. The molecule has 0 bridgehead atoms. The van der Waals surface area contributed by atoms with Gasteiger partial charge in [0.25, 0.3) is 11.8 Å². The number of anilines is 1. The zero-order chi connectivity index (χ0) is 19.6. The van der Waals surface area contributed by atoms with Crippen LogP contribution in [-0.4, -0.2) is 40.8 Å². The number of aliphatic imine (C=N–C) groups is 1. The molecule has 1 aromatic heterocycles. The first kappa shape index (κ1) is 19.1. The van der Waals surface area contributed by atoms with Crippen molar-refractivity contribution in [2.45, 2.75) is 12.0 Å². The summed E-state index contributed by atoms with van der Waals surface area (Å²) in [6.07, 6.45) is 2.32. The van der Waals surface area contributed by atoms with Gasteiger partial charge in [0.05, 0.1) is 12.4 Å². The average Bonchev–Trinajstić information content (AvgIpc) is 2.74. The lowest BCUT2D eigenvalue weighted by Crippen LogP contribution is -2.30. The number of hydrogen-bond acceptors (Lipinski definition) is 6. The van der Waals surface area contributed by atoms with E-state index in [0.29, 0.717) is 0 Å². The summed E-state index contributed by atoms with van der Waals surface area (Å²) in [6.45, 7) is -1.24. The maximum Gasteiger partial charge on any atom is 0.297 e. The van der Waals surface area contributed by atoms with Crippen molar-refractivity contribution < 1.29 is 22.7 Å². The van der Waals surface area contributed by atoms with E-state index < -0.39 is 35.9 Å². The van der Waals surface area contributed by atoms with Gasteiger partial charge in [0.15, 0.2) is 0 Å². The van der Waals surface area contributed by atoms with Crippen LogP contribution in [0.15, 0.2) is 35.6 Å². The van der Waals surface area contributed by atoms with E-state index in [-0.39, 0.29) is 29.0 Å².